The molecule has 35 heavy (non-hydrogen) atoms. The molecule has 2 heterocycles. The zero-order chi connectivity index (χ0) is 25.4. The predicted octanol–water partition coefficient (Wildman–Crippen LogP) is 3.49. The van der Waals surface area contributed by atoms with Gasteiger partial charge in [0, 0.05) is 18.2 Å². The highest BCUT2D eigenvalue weighted by molar-refractivity contribution is 7.45. The molecule has 0 radical (unpaired) electrons. The van der Waals surface area contributed by atoms with E-state index in [0.29, 0.717) is 18.6 Å². The number of esters is 1. The van der Waals surface area contributed by atoms with Gasteiger partial charge in [0.15, 0.2) is 0 Å². The highest BCUT2D eigenvalue weighted by Gasteiger charge is 2.35. The molecule has 11 heteroatoms. The van der Waals surface area contributed by atoms with Crippen LogP contribution in [0.5, 0.6) is 5.75 Å². The Morgan fingerprint density at radius 1 is 1.26 bits per heavy atom. The van der Waals surface area contributed by atoms with Crippen LogP contribution in [0.3, 0.4) is 0 Å². The van der Waals surface area contributed by atoms with E-state index in [1.807, 2.05) is 58.0 Å². The van der Waals surface area contributed by atoms with Gasteiger partial charge in [-0.1, -0.05) is 38.5 Å². The summed E-state index contributed by atoms with van der Waals surface area (Å²) in [7, 11) is -1.70. The van der Waals surface area contributed by atoms with Gasteiger partial charge in [-0.3, -0.25) is 19.1 Å². The van der Waals surface area contributed by atoms with Gasteiger partial charge in [0.1, 0.15) is 18.0 Å². The van der Waals surface area contributed by atoms with Crippen molar-refractivity contribution in [1.29, 1.82) is 0 Å². The van der Waals surface area contributed by atoms with Crippen LogP contribution in [0.2, 0.25) is 0 Å². The summed E-state index contributed by atoms with van der Waals surface area (Å²) in [5.74, 6) is 0.283. The fraction of sp³-hybridized carbons (Fsp3) is 0.542. The summed E-state index contributed by atoms with van der Waals surface area (Å²) < 4.78 is 25.0. The van der Waals surface area contributed by atoms with E-state index in [0.717, 1.165) is 6.42 Å². The van der Waals surface area contributed by atoms with Gasteiger partial charge < -0.3 is 18.5 Å². The van der Waals surface area contributed by atoms with Crippen molar-refractivity contribution in [1.82, 2.24) is 14.6 Å². The van der Waals surface area contributed by atoms with Gasteiger partial charge in [-0.2, -0.15) is 0 Å². The highest BCUT2D eigenvalue weighted by Crippen LogP contribution is 2.39. The molecule has 1 aromatic carbocycles. The van der Waals surface area contributed by atoms with Crippen LogP contribution in [0.1, 0.15) is 53.2 Å². The molecule has 0 spiro atoms. The SMILES string of the molecule is CCCC(NP(OCC1CC(C)C(n2ccc(=O)[nH]c2=O)O1)Oc1ccccc1)C(=O)OC(C)C. The fourth-order valence-electron chi connectivity index (χ4n) is 3.78. The number of ether oxygens (including phenoxy) is 2. The number of hydrogen-bond donors (Lipinski definition) is 2. The normalized spacial score (nSPS) is 21.6. The zero-order valence-corrected chi connectivity index (χ0v) is 21.4. The number of para-hydroxylation sites is 1. The minimum absolute atomic E-state index is 0.0234. The van der Waals surface area contributed by atoms with Gasteiger partial charge in [0.25, 0.3) is 5.56 Å². The molecule has 0 bridgehead atoms. The summed E-state index contributed by atoms with van der Waals surface area (Å²) in [6, 6.07) is 9.94. The summed E-state index contributed by atoms with van der Waals surface area (Å²) in [6.45, 7) is 7.78. The Kier molecular flexibility index (Phi) is 10.0. The fourth-order valence-corrected chi connectivity index (χ4v) is 5.06. The molecule has 0 amide bonds. The minimum atomic E-state index is -1.70. The smallest absolute Gasteiger partial charge is 0.330 e. The average molecular weight is 508 g/mol. The van der Waals surface area contributed by atoms with Gasteiger partial charge in [-0.25, -0.2) is 9.88 Å². The lowest BCUT2D eigenvalue weighted by molar-refractivity contribution is -0.149. The number of carbonyl (C=O) groups is 1. The van der Waals surface area contributed by atoms with E-state index in [4.69, 9.17) is 18.5 Å². The maximum Gasteiger partial charge on any atom is 0.330 e. The molecule has 3 rings (SSSR count). The van der Waals surface area contributed by atoms with Gasteiger partial charge in [-0.15, -0.1) is 0 Å². The molecule has 2 N–H and O–H groups in total. The molecular weight excluding hydrogens is 473 g/mol. The van der Waals surface area contributed by atoms with Crippen LogP contribution in [-0.2, 0) is 18.8 Å². The van der Waals surface area contributed by atoms with E-state index in [1.165, 1.54) is 16.8 Å². The van der Waals surface area contributed by atoms with Crippen molar-refractivity contribution >= 4 is 14.5 Å². The number of hydrogen-bond acceptors (Lipinski definition) is 8. The number of benzene rings is 1. The summed E-state index contributed by atoms with van der Waals surface area (Å²) >= 11 is 0. The number of carbonyl (C=O) groups excluding carboxylic acids is 1. The van der Waals surface area contributed by atoms with Gasteiger partial charge >= 0.3 is 20.2 Å². The van der Waals surface area contributed by atoms with Crippen LogP contribution in [0.15, 0.2) is 52.2 Å². The number of rotatable bonds is 12. The Labute approximate surface area is 205 Å². The third kappa shape index (κ3) is 8.00. The average Bonchev–Trinajstić information content (AvgIpc) is 3.17. The van der Waals surface area contributed by atoms with E-state index < -0.39 is 32.0 Å². The van der Waals surface area contributed by atoms with Gasteiger partial charge in [-0.05, 0) is 38.8 Å². The van der Waals surface area contributed by atoms with Crippen LogP contribution in [0.4, 0.5) is 0 Å². The maximum absolute atomic E-state index is 12.6. The molecule has 5 atom stereocenters. The molecule has 2 aromatic rings. The monoisotopic (exact) mass is 507 g/mol. The van der Waals surface area contributed by atoms with Crippen molar-refractivity contribution in [2.75, 3.05) is 6.61 Å². The first kappa shape index (κ1) is 27.1. The van der Waals surface area contributed by atoms with E-state index in [9.17, 15) is 14.4 Å². The van der Waals surface area contributed by atoms with Gasteiger partial charge in [0.05, 0.1) is 18.8 Å². The molecule has 1 aliphatic heterocycles. The van der Waals surface area contributed by atoms with Crippen LogP contribution in [0, 0.1) is 5.92 Å². The number of aromatic amines is 1. The van der Waals surface area contributed by atoms with Gasteiger partial charge in [0.2, 0.25) is 0 Å². The largest absolute Gasteiger partial charge is 0.462 e. The Balaban J connectivity index is 1.68. The van der Waals surface area contributed by atoms with Crippen molar-refractivity contribution < 1.29 is 23.3 Å². The standard InChI is InChI=1S/C24H34N3O7P/c1-5-9-20(23(29)32-16(2)3)26-35(34-18-10-7-6-8-11-18)31-15-19-14-17(4)22(33-19)27-13-12-21(28)25-24(27)30/h6-8,10-13,16-17,19-20,22,26H,5,9,14-15H2,1-4H3,(H,25,28,30). The lowest BCUT2D eigenvalue weighted by Gasteiger charge is -2.25. The van der Waals surface area contributed by atoms with Crippen molar-refractivity contribution in [3.8, 4) is 5.75 Å². The molecule has 10 nitrogen and oxygen atoms in total. The topological polar surface area (TPSA) is 121 Å². The molecule has 5 unspecified atom stereocenters. The molecule has 0 saturated carbocycles. The first-order valence-electron chi connectivity index (χ1n) is 11.9. The lowest BCUT2D eigenvalue weighted by Crippen LogP contribution is -2.37. The Morgan fingerprint density at radius 2 is 2.00 bits per heavy atom. The van der Waals surface area contributed by atoms with Crippen molar-refractivity contribution in [3.63, 3.8) is 0 Å². The number of nitrogens with zero attached hydrogens (tertiary/aromatic N) is 1. The van der Waals surface area contributed by atoms with Crippen LogP contribution < -0.4 is 20.9 Å². The summed E-state index contributed by atoms with van der Waals surface area (Å²) in [5.41, 5.74) is -0.970. The number of H-pyrrole nitrogens is 1. The highest BCUT2D eigenvalue weighted by atomic mass is 31.2. The predicted molar refractivity (Wildman–Crippen MR) is 132 cm³/mol. The third-order valence-corrected chi connectivity index (χ3v) is 6.65. The minimum Gasteiger partial charge on any atom is -0.462 e. The maximum atomic E-state index is 12.6. The van der Waals surface area contributed by atoms with E-state index in [2.05, 4.69) is 10.1 Å². The third-order valence-electron chi connectivity index (χ3n) is 5.36. The second kappa shape index (κ2) is 13.0. The van der Waals surface area contributed by atoms with Crippen molar-refractivity contribution in [2.45, 2.75) is 71.4 Å². The lowest BCUT2D eigenvalue weighted by atomic mass is 10.1. The van der Waals surface area contributed by atoms with Crippen LogP contribution >= 0.6 is 8.53 Å². The van der Waals surface area contributed by atoms with Crippen molar-refractivity contribution in [2.24, 2.45) is 5.92 Å². The molecule has 1 aromatic heterocycles. The second-order valence-corrected chi connectivity index (χ2v) is 10.0. The van der Waals surface area contributed by atoms with E-state index in [1.54, 1.807) is 0 Å². The summed E-state index contributed by atoms with van der Waals surface area (Å²) in [5, 5.41) is 3.20. The zero-order valence-electron chi connectivity index (χ0n) is 20.5. The van der Waals surface area contributed by atoms with Crippen LogP contribution in [-0.4, -0.2) is 40.4 Å². The second-order valence-electron chi connectivity index (χ2n) is 8.79. The summed E-state index contributed by atoms with van der Waals surface area (Å²) in [4.78, 5) is 38.5. The molecule has 1 fully saturated rings. The molecular formula is C24H34N3O7P. The Morgan fingerprint density at radius 3 is 2.66 bits per heavy atom. The first-order valence-corrected chi connectivity index (χ1v) is 13.0. The first-order chi connectivity index (χ1) is 16.8. The number of aromatic nitrogens is 2. The van der Waals surface area contributed by atoms with Crippen LogP contribution in [0.25, 0.3) is 0 Å². The van der Waals surface area contributed by atoms with E-state index in [-0.39, 0.29) is 30.7 Å². The number of nitrogens with one attached hydrogen (secondary N) is 2. The molecule has 0 aliphatic carbocycles. The molecule has 192 valence electrons. The molecule has 1 aliphatic rings. The quantitative estimate of drug-likeness (QED) is 0.331. The van der Waals surface area contributed by atoms with E-state index >= 15 is 0 Å². The summed E-state index contributed by atoms with van der Waals surface area (Å²) in [6.07, 6.45) is 2.39. The van der Waals surface area contributed by atoms with Crippen molar-refractivity contribution in [3.05, 3.63) is 63.4 Å². The Bertz CT molecular complexity index is 1060. The Hall–Kier alpha value is -2.52. The molecule has 1 saturated heterocycles.